The lowest BCUT2D eigenvalue weighted by Crippen LogP contribution is -2.51. The molecule has 1 aromatic rings. The van der Waals surface area contributed by atoms with E-state index < -0.39 is 6.03 Å². The minimum Gasteiger partial charge on any atom is -0.477 e. The summed E-state index contributed by atoms with van der Waals surface area (Å²) in [5, 5.41) is 4.93. The van der Waals surface area contributed by atoms with E-state index in [9.17, 15) is 9.59 Å². The molecule has 3 amide bonds. The Labute approximate surface area is 142 Å². The van der Waals surface area contributed by atoms with Crippen molar-refractivity contribution < 1.29 is 14.3 Å². The highest BCUT2D eigenvalue weighted by atomic mass is 16.5. The molecule has 7 nitrogen and oxygen atoms in total. The number of nitrogens with zero attached hydrogens (tertiary/aromatic N) is 2. The Balaban J connectivity index is 1.71. The van der Waals surface area contributed by atoms with Crippen molar-refractivity contribution in [3.63, 3.8) is 0 Å². The first-order valence-electron chi connectivity index (χ1n) is 8.46. The summed E-state index contributed by atoms with van der Waals surface area (Å²) in [4.78, 5) is 29.8. The van der Waals surface area contributed by atoms with Gasteiger partial charge >= 0.3 is 6.03 Å². The lowest BCUT2D eigenvalue weighted by atomic mass is 9.96. The number of piperidine rings is 1. The number of urea groups is 1. The maximum Gasteiger partial charge on any atom is 0.321 e. The minimum atomic E-state index is -0.437. The highest BCUT2D eigenvalue weighted by molar-refractivity contribution is 5.96. The zero-order chi connectivity index (χ0) is 17.4. The predicted molar refractivity (Wildman–Crippen MR) is 90.7 cm³/mol. The average Bonchev–Trinajstić information content (AvgIpc) is 2.61. The molecular weight excluding hydrogens is 308 g/mol. The lowest BCUT2D eigenvalue weighted by molar-refractivity contribution is -0.125. The van der Waals surface area contributed by atoms with Gasteiger partial charge in [0.05, 0.1) is 12.6 Å². The zero-order valence-electron chi connectivity index (χ0n) is 14.3. The number of rotatable bonds is 6. The molecule has 0 saturated carbocycles. The zero-order valence-corrected chi connectivity index (χ0v) is 14.3. The van der Waals surface area contributed by atoms with E-state index in [0.717, 1.165) is 25.9 Å². The Morgan fingerprint density at radius 3 is 2.75 bits per heavy atom. The largest absolute Gasteiger partial charge is 0.477 e. The van der Waals surface area contributed by atoms with E-state index in [4.69, 9.17) is 4.74 Å². The van der Waals surface area contributed by atoms with Gasteiger partial charge in [0.1, 0.15) is 0 Å². The second-order valence-corrected chi connectivity index (χ2v) is 5.98. The number of hydrogen-bond donors (Lipinski definition) is 2. The van der Waals surface area contributed by atoms with E-state index in [-0.39, 0.29) is 11.9 Å². The molecule has 0 aromatic carbocycles. The molecule has 1 fully saturated rings. The van der Waals surface area contributed by atoms with Crippen LogP contribution in [0.3, 0.4) is 0 Å². The van der Waals surface area contributed by atoms with Crippen LogP contribution in [-0.2, 0) is 4.79 Å². The molecule has 7 heteroatoms. The Morgan fingerprint density at radius 2 is 2.12 bits per heavy atom. The van der Waals surface area contributed by atoms with Crippen LogP contribution in [0, 0.1) is 5.92 Å². The summed E-state index contributed by atoms with van der Waals surface area (Å²) in [6, 6.07) is 4.86. The molecule has 0 bridgehead atoms. The fourth-order valence-corrected chi connectivity index (χ4v) is 2.73. The molecule has 1 aromatic heterocycles. The van der Waals surface area contributed by atoms with Crippen LogP contribution in [0.5, 0.6) is 5.88 Å². The number of ether oxygens (including phenoxy) is 1. The third kappa shape index (κ3) is 5.49. The molecule has 1 atom stereocenters. The van der Waals surface area contributed by atoms with Crippen LogP contribution in [0.15, 0.2) is 24.4 Å². The molecule has 1 saturated heterocycles. The number of carbonyl (C=O) groups is 2. The van der Waals surface area contributed by atoms with E-state index in [1.54, 1.807) is 6.20 Å². The number of pyridine rings is 1. The van der Waals surface area contributed by atoms with Crippen molar-refractivity contribution in [3.8, 4) is 5.88 Å². The molecule has 2 rings (SSSR count). The van der Waals surface area contributed by atoms with Crippen LogP contribution in [0.2, 0.25) is 0 Å². The van der Waals surface area contributed by atoms with Crippen molar-refractivity contribution in [1.29, 1.82) is 0 Å². The molecule has 24 heavy (non-hydrogen) atoms. The van der Waals surface area contributed by atoms with Crippen molar-refractivity contribution in [2.75, 3.05) is 26.2 Å². The molecular formula is C17H26N4O3. The van der Waals surface area contributed by atoms with Crippen molar-refractivity contribution in [2.24, 2.45) is 5.92 Å². The van der Waals surface area contributed by atoms with Gasteiger partial charge in [-0.25, -0.2) is 9.78 Å². The first-order chi connectivity index (χ1) is 11.6. The first-order valence-corrected chi connectivity index (χ1v) is 8.46. The van der Waals surface area contributed by atoms with Gasteiger partial charge in [0.15, 0.2) is 0 Å². The molecule has 1 aliphatic heterocycles. The van der Waals surface area contributed by atoms with Crippen molar-refractivity contribution >= 4 is 11.9 Å². The van der Waals surface area contributed by atoms with E-state index in [2.05, 4.69) is 20.5 Å². The molecule has 0 spiro atoms. The van der Waals surface area contributed by atoms with Gasteiger partial charge in [-0.15, -0.1) is 0 Å². The van der Waals surface area contributed by atoms with Crippen LogP contribution in [-0.4, -0.2) is 54.1 Å². The van der Waals surface area contributed by atoms with Gasteiger partial charge in [0.2, 0.25) is 11.8 Å². The quantitative estimate of drug-likeness (QED) is 0.822. The average molecular weight is 334 g/mol. The summed E-state index contributed by atoms with van der Waals surface area (Å²) < 4.78 is 5.71. The summed E-state index contributed by atoms with van der Waals surface area (Å²) in [5.41, 5.74) is 0. The fraction of sp³-hybridized carbons (Fsp3) is 0.588. The maximum absolute atomic E-state index is 12.1. The Morgan fingerprint density at radius 1 is 1.38 bits per heavy atom. The van der Waals surface area contributed by atoms with Crippen LogP contribution < -0.4 is 15.4 Å². The van der Waals surface area contributed by atoms with Gasteiger partial charge in [-0.3, -0.25) is 15.0 Å². The molecule has 132 valence electrons. The van der Waals surface area contributed by atoms with Crippen molar-refractivity contribution in [1.82, 2.24) is 20.5 Å². The number of likely N-dealkylation sites (tertiary alicyclic amines) is 1. The Bertz CT molecular complexity index is 530. The fourth-order valence-electron chi connectivity index (χ4n) is 2.73. The van der Waals surface area contributed by atoms with Gasteiger partial charge in [-0.1, -0.05) is 6.07 Å². The number of carbonyl (C=O) groups excluding carboxylic acids is 2. The van der Waals surface area contributed by atoms with Gasteiger partial charge in [-0.05, 0) is 51.8 Å². The normalized spacial score (nSPS) is 17.1. The second kappa shape index (κ2) is 9.22. The summed E-state index contributed by atoms with van der Waals surface area (Å²) in [6.07, 6.45) is 3.64. The number of nitrogens with one attached hydrogen (secondary N) is 2. The Hall–Kier alpha value is -2.15. The van der Waals surface area contributed by atoms with E-state index in [0.29, 0.717) is 24.9 Å². The van der Waals surface area contributed by atoms with Crippen LogP contribution in [0.1, 0.15) is 26.7 Å². The smallest absolute Gasteiger partial charge is 0.321 e. The SMILES string of the molecule is CCNC(=O)NC(=O)[C@H](C)N1CCC(COc2ccccn2)CC1. The minimum absolute atomic E-state index is 0.260. The second-order valence-electron chi connectivity index (χ2n) is 5.98. The topological polar surface area (TPSA) is 83.6 Å². The number of aromatic nitrogens is 1. The summed E-state index contributed by atoms with van der Waals surface area (Å²) in [6.45, 7) is 6.42. The first kappa shape index (κ1) is 18.2. The maximum atomic E-state index is 12.1. The third-order valence-electron chi connectivity index (χ3n) is 4.26. The molecule has 2 N–H and O–H groups in total. The van der Waals surface area contributed by atoms with E-state index in [1.165, 1.54) is 0 Å². The lowest BCUT2D eigenvalue weighted by Gasteiger charge is -2.35. The van der Waals surface area contributed by atoms with Gasteiger partial charge in [0.25, 0.3) is 0 Å². The molecule has 2 heterocycles. The van der Waals surface area contributed by atoms with Crippen LogP contribution >= 0.6 is 0 Å². The van der Waals surface area contributed by atoms with Crippen molar-refractivity contribution in [3.05, 3.63) is 24.4 Å². The molecule has 0 unspecified atom stereocenters. The number of imide groups is 1. The molecule has 0 radical (unpaired) electrons. The highest BCUT2D eigenvalue weighted by Gasteiger charge is 2.27. The van der Waals surface area contributed by atoms with E-state index in [1.807, 2.05) is 32.0 Å². The highest BCUT2D eigenvalue weighted by Crippen LogP contribution is 2.20. The standard InChI is InChI=1S/C17H26N4O3/c1-3-18-17(23)20-16(22)13(2)21-10-7-14(8-11-21)12-24-15-6-4-5-9-19-15/h4-6,9,13-14H,3,7-8,10-12H2,1-2H3,(H2,18,20,22,23)/t13-/m0/s1. The Kier molecular flexibility index (Phi) is 6.99. The van der Waals surface area contributed by atoms with Gasteiger partial charge in [0, 0.05) is 18.8 Å². The summed E-state index contributed by atoms with van der Waals surface area (Å²) in [7, 11) is 0. The molecule has 0 aliphatic carbocycles. The number of amides is 3. The van der Waals surface area contributed by atoms with Crippen molar-refractivity contribution in [2.45, 2.75) is 32.7 Å². The van der Waals surface area contributed by atoms with Crippen LogP contribution in [0.25, 0.3) is 0 Å². The predicted octanol–water partition coefficient (Wildman–Crippen LogP) is 1.41. The molecule has 1 aliphatic rings. The summed E-state index contributed by atoms with van der Waals surface area (Å²) >= 11 is 0. The van der Waals surface area contributed by atoms with Gasteiger partial charge < -0.3 is 10.1 Å². The monoisotopic (exact) mass is 334 g/mol. The van der Waals surface area contributed by atoms with Crippen LogP contribution in [0.4, 0.5) is 4.79 Å². The van der Waals surface area contributed by atoms with Gasteiger partial charge in [-0.2, -0.15) is 0 Å². The third-order valence-corrected chi connectivity index (χ3v) is 4.26. The summed E-state index contributed by atoms with van der Waals surface area (Å²) in [5.74, 6) is 0.848. The number of hydrogen-bond acceptors (Lipinski definition) is 5. The van der Waals surface area contributed by atoms with E-state index >= 15 is 0 Å².